The molecule has 5 rings (SSSR count). The van der Waals surface area contributed by atoms with Crippen molar-refractivity contribution in [2.45, 2.75) is 37.3 Å². The number of amides is 1. The molecule has 1 heterocycles. The molecule has 4 aliphatic rings. The van der Waals surface area contributed by atoms with Gasteiger partial charge in [0.25, 0.3) is 5.91 Å². The number of rotatable bonds is 4. The molecule has 1 fully saturated rings. The van der Waals surface area contributed by atoms with Crippen LogP contribution in [0.5, 0.6) is 5.75 Å². The Hall–Kier alpha value is -3.25. The first-order valence-electron chi connectivity index (χ1n) is 13.3. The maximum atomic E-state index is 13.7. The summed E-state index contributed by atoms with van der Waals surface area (Å²) in [7, 11) is 3.38. The molecule has 39 heavy (non-hydrogen) atoms. The molecule has 11 nitrogen and oxygen atoms in total. The van der Waals surface area contributed by atoms with Crippen molar-refractivity contribution in [1.29, 1.82) is 5.41 Å². The second-order valence-electron chi connectivity index (χ2n) is 11.7. The lowest BCUT2D eigenvalue weighted by molar-refractivity contribution is -0.118. The Balaban J connectivity index is 1.61. The zero-order chi connectivity index (χ0) is 28.4. The number of nitrogens with zero attached hydrogens (tertiary/aromatic N) is 2. The third-order valence-electron chi connectivity index (χ3n) is 9.08. The molecule has 3 aliphatic carbocycles. The third-order valence-corrected chi connectivity index (χ3v) is 9.08. The molecule has 2 unspecified atom stereocenters. The quantitative estimate of drug-likeness (QED) is 0.293. The van der Waals surface area contributed by atoms with E-state index in [9.17, 15) is 30.0 Å². The highest BCUT2D eigenvalue weighted by Gasteiger charge is 2.63. The van der Waals surface area contributed by atoms with Crippen molar-refractivity contribution in [2.24, 2.45) is 11.8 Å². The molecular formula is C28H37N5O6. The number of phenolic OH excluding ortho intramolecular Hbond substituents is 1. The summed E-state index contributed by atoms with van der Waals surface area (Å²) in [6.45, 7) is 6.99. The third kappa shape index (κ3) is 3.90. The monoisotopic (exact) mass is 539 g/mol. The largest absolute Gasteiger partial charge is 0.510 e. The van der Waals surface area contributed by atoms with E-state index in [0.717, 1.165) is 26.2 Å². The van der Waals surface area contributed by atoms with Crippen molar-refractivity contribution in [3.8, 4) is 5.75 Å². The Morgan fingerprint density at radius 2 is 1.87 bits per heavy atom. The Morgan fingerprint density at radius 1 is 1.21 bits per heavy atom. The Labute approximate surface area is 227 Å². The van der Waals surface area contributed by atoms with Gasteiger partial charge in [-0.25, -0.2) is 0 Å². The molecule has 11 heteroatoms. The van der Waals surface area contributed by atoms with Crippen molar-refractivity contribution in [1.82, 2.24) is 20.4 Å². The second kappa shape index (κ2) is 9.44. The van der Waals surface area contributed by atoms with Crippen LogP contribution in [0.3, 0.4) is 0 Å². The zero-order valence-corrected chi connectivity index (χ0v) is 22.7. The molecule has 210 valence electrons. The standard InChI is InChI=1S/C28H37N5O6/c1-27(2)14-6-5-7-17(34)18(14)22(35)19-15(27)12-16-21(32(3)4)23(36)20(24(29)28(16,39)25(19)37)26(38)31-13-33-10-8-30-9-11-33/h5-7,15-16,21,29-30,34,36-37,39H,8-13H2,1-4H3,(H,31,38)/t15?,16-,21?,28+/m0/s1. The van der Waals surface area contributed by atoms with Crippen molar-refractivity contribution in [3.63, 3.8) is 0 Å². The highest BCUT2D eigenvalue weighted by molar-refractivity contribution is 6.26. The maximum Gasteiger partial charge on any atom is 0.257 e. The topological polar surface area (TPSA) is 169 Å². The van der Waals surface area contributed by atoms with Gasteiger partial charge >= 0.3 is 0 Å². The number of benzene rings is 1. The van der Waals surface area contributed by atoms with E-state index in [1.54, 1.807) is 31.1 Å². The van der Waals surface area contributed by atoms with E-state index in [-0.39, 0.29) is 35.7 Å². The van der Waals surface area contributed by atoms with Gasteiger partial charge in [-0.15, -0.1) is 0 Å². The lowest BCUT2D eigenvalue weighted by Gasteiger charge is -2.54. The average Bonchev–Trinajstić information content (AvgIpc) is 2.88. The Bertz CT molecular complexity index is 1310. The lowest BCUT2D eigenvalue weighted by atomic mass is 9.52. The number of likely N-dealkylation sites (N-methyl/N-ethyl adjacent to an activating group) is 1. The lowest BCUT2D eigenvalue weighted by Crippen LogP contribution is -2.65. The molecule has 1 amide bonds. The highest BCUT2D eigenvalue weighted by atomic mass is 16.3. The van der Waals surface area contributed by atoms with E-state index >= 15 is 0 Å². The maximum absolute atomic E-state index is 13.7. The Morgan fingerprint density at radius 3 is 2.51 bits per heavy atom. The number of nitrogens with one attached hydrogen (secondary N) is 3. The van der Waals surface area contributed by atoms with Gasteiger partial charge in [-0.2, -0.15) is 0 Å². The first-order chi connectivity index (χ1) is 18.3. The minimum atomic E-state index is -2.40. The fraction of sp³-hybridized carbons (Fsp3) is 0.536. The average molecular weight is 540 g/mol. The predicted molar refractivity (Wildman–Crippen MR) is 144 cm³/mol. The van der Waals surface area contributed by atoms with Crippen molar-refractivity contribution in [3.05, 3.63) is 52.0 Å². The van der Waals surface area contributed by atoms with Gasteiger partial charge in [0.05, 0.1) is 24.0 Å². The van der Waals surface area contributed by atoms with E-state index in [0.29, 0.717) is 5.56 Å². The van der Waals surface area contributed by atoms with Gasteiger partial charge in [-0.05, 0) is 37.6 Å². The summed E-state index contributed by atoms with van der Waals surface area (Å²) in [6, 6.07) is 3.92. The second-order valence-corrected chi connectivity index (χ2v) is 11.7. The summed E-state index contributed by atoms with van der Waals surface area (Å²) in [5, 5.41) is 60.7. The number of carbonyl (C=O) groups excluding carboxylic acids is 2. The van der Waals surface area contributed by atoms with Gasteiger partial charge in [0, 0.05) is 43.6 Å². The molecular weight excluding hydrogens is 502 g/mol. The number of hydrogen-bond donors (Lipinski definition) is 7. The Kier molecular flexibility index (Phi) is 6.61. The number of ketones is 1. The van der Waals surface area contributed by atoms with Gasteiger partial charge in [-0.3, -0.25) is 19.4 Å². The predicted octanol–water partition coefficient (Wildman–Crippen LogP) is 0.800. The number of fused-ring (bicyclic) bond motifs is 3. The fourth-order valence-corrected chi connectivity index (χ4v) is 6.94. The van der Waals surface area contributed by atoms with Crippen LogP contribution in [0.25, 0.3) is 0 Å². The van der Waals surface area contributed by atoms with E-state index in [2.05, 4.69) is 10.6 Å². The van der Waals surface area contributed by atoms with Crippen molar-refractivity contribution < 1.29 is 30.0 Å². The summed E-state index contributed by atoms with van der Waals surface area (Å²) in [6.07, 6.45) is 0.148. The first-order valence-corrected chi connectivity index (χ1v) is 13.3. The molecule has 0 radical (unpaired) electrons. The van der Waals surface area contributed by atoms with Gasteiger partial charge in [0.2, 0.25) is 0 Å². The normalized spacial score (nSPS) is 30.7. The van der Waals surface area contributed by atoms with Crippen LogP contribution in [0, 0.1) is 17.2 Å². The summed E-state index contributed by atoms with van der Waals surface area (Å²) >= 11 is 0. The molecule has 1 saturated heterocycles. The number of aromatic hydroxyl groups is 1. The van der Waals surface area contributed by atoms with E-state index < -0.39 is 57.6 Å². The number of carbonyl (C=O) groups is 2. The zero-order valence-electron chi connectivity index (χ0n) is 22.7. The van der Waals surface area contributed by atoms with Crippen LogP contribution in [-0.2, 0) is 10.2 Å². The minimum absolute atomic E-state index is 0.0567. The van der Waals surface area contributed by atoms with Crippen LogP contribution in [0.15, 0.2) is 40.9 Å². The van der Waals surface area contributed by atoms with Gasteiger partial charge in [0.15, 0.2) is 11.4 Å². The number of aliphatic hydroxyl groups excluding tert-OH is 2. The summed E-state index contributed by atoms with van der Waals surface area (Å²) in [4.78, 5) is 30.8. The molecule has 1 aromatic rings. The van der Waals surface area contributed by atoms with E-state index in [1.807, 2.05) is 18.7 Å². The number of piperazine rings is 1. The van der Waals surface area contributed by atoms with Crippen LogP contribution >= 0.6 is 0 Å². The van der Waals surface area contributed by atoms with Crippen LogP contribution in [0.1, 0.15) is 36.2 Å². The number of phenols is 1. The van der Waals surface area contributed by atoms with Crippen LogP contribution < -0.4 is 10.6 Å². The van der Waals surface area contributed by atoms with Crippen LogP contribution in [0.2, 0.25) is 0 Å². The molecule has 0 aromatic heterocycles. The van der Waals surface area contributed by atoms with E-state index in [4.69, 9.17) is 5.41 Å². The molecule has 0 bridgehead atoms. The van der Waals surface area contributed by atoms with Gasteiger partial charge in [-0.1, -0.05) is 26.0 Å². The first kappa shape index (κ1) is 27.3. The van der Waals surface area contributed by atoms with Crippen molar-refractivity contribution in [2.75, 3.05) is 46.9 Å². The smallest absolute Gasteiger partial charge is 0.257 e. The SMILES string of the molecule is CN(C)C1C(O)=C(C(=O)NCN2CCNCC2)C(=N)[C@@]2(O)C(O)=C3C(=O)c4c(O)cccc4C(C)(C)C3C[C@@H]12. The number of hydrogen-bond acceptors (Lipinski definition) is 10. The highest BCUT2D eigenvalue weighted by Crippen LogP contribution is 2.57. The summed E-state index contributed by atoms with van der Waals surface area (Å²) in [5.41, 5.74) is -3.59. The van der Waals surface area contributed by atoms with Crippen molar-refractivity contribution >= 4 is 17.4 Å². The molecule has 4 atom stereocenters. The molecule has 7 N–H and O–H groups in total. The number of aliphatic hydroxyl groups is 3. The van der Waals surface area contributed by atoms with Gasteiger partial charge in [0.1, 0.15) is 22.8 Å². The molecule has 0 spiro atoms. The van der Waals surface area contributed by atoms with Crippen LogP contribution in [-0.4, -0.2) is 106 Å². The van der Waals surface area contributed by atoms with E-state index in [1.165, 1.54) is 6.07 Å². The summed E-state index contributed by atoms with van der Waals surface area (Å²) < 4.78 is 0. The number of allylic oxidation sites excluding steroid dienone is 1. The van der Waals surface area contributed by atoms with Crippen LogP contribution in [0.4, 0.5) is 0 Å². The fourth-order valence-electron chi connectivity index (χ4n) is 6.94. The molecule has 1 aromatic carbocycles. The minimum Gasteiger partial charge on any atom is -0.510 e. The molecule has 1 aliphatic heterocycles. The molecule has 0 saturated carbocycles. The summed E-state index contributed by atoms with van der Waals surface area (Å²) in [5.74, 6) is -4.14. The number of Topliss-reactive ketones (excluding diaryl/α,β-unsaturated/α-hetero) is 1. The van der Waals surface area contributed by atoms with Gasteiger partial charge < -0.3 is 36.5 Å².